The maximum absolute atomic E-state index is 12.8. The fourth-order valence-corrected chi connectivity index (χ4v) is 1.17. The Balaban J connectivity index is 2.70. The Bertz CT molecular complexity index is 463. The van der Waals surface area contributed by atoms with Crippen molar-refractivity contribution in [2.24, 2.45) is 0 Å². The Morgan fingerprint density at radius 3 is 2.39 bits per heavy atom. The minimum absolute atomic E-state index is 0.448. The number of nitrogens with one attached hydrogen (secondary N) is 1. The van der Waals surface area contributed by atoms with Gasteiger partial charge in [0.05, 0.1) is 10.6 Å². The van der Waals surface area contributed by atoms with Crippen LogP contribution in [0.5, 0.6) is 0 Å². The number of rotatable bonds is 3. The van der Waals surface area contributed by atoms with E-state index in [-0.39, 0.29) is 0 Å². The van der Waals surface area contributed by atoms with Crippen LogP contribution in [0.25, 0.3) is 0 Å². The van der Waals surface area contributed by atoms with Crippen molar-refractivity contribution in [1.29, 1.82) is 0 Å². The summed E-state index contributed by atoms with van der Waals surface area (Å²) in [5, 5.41) is -0.456. The van der Waals surface area contributed by atoms with Crippen LogP contribution < -0.4 is 5.48 Å². The molecule has 0 spiro atoms. The summed E-state index contributed by atoms with van der Waals surface area (Å²) in [5.74, 6) is -3.86. The first-order valence-corrected chi connectivity index (χ1v) is 4.72. The monoisotopic (exact) mass is 289 g/mol. The van der Waals surface area contributed by atoms with E-state index in [1.54, 1.807) is 0 Å². The van der Waals surface area contributed by atoms with E-state index in [1.807, 2.05) is 0 Å². The molecule has 0 aliphatic heterocycles. The smallest absolute Gasteiger partial charge is 0.267 e. The first-order chi connectivity index (χ1) is 8.20. The van der Waals surface area contributed by atoms with Crippen molar-refractivity contribution in [3.8, 4) is 0 Å². The number of hydroxylamine groups is 1. The highest BCUT2D eigenvalue weighted by molar-refractivity contribution is 6.33. The number of carbonyl (C=O) groups excluding carboxylic acids is 1. The lowest BCUT2D eigenvalue weighted by Crippen LogP contribution is -2.29. The minimum atomic E-state index is -4.63. The Hall–Kier alpha value is -1.41. The van der Waals surface area contributed by atoms with Crippen LogP contribution in [0.1, 0.15) is 10.4 Å². The lowest BCUT2D eigenvalue weighted by Gasteiger charge is -2.09. The van der Waals surface area contributed by atoms with E-state index < -0.39 is 40.9 Å². The second kappa shape index (κ2) is 5.49. The SMILES string of the molecule is O=C(NOCC(F)(F)F)c1cc(F)c(F)cc1Cl. The second-order valence-corrected chi connectivity index (χ2v) is 3.49. The molecule has 0 aliphatic rings. The molecule has 1 rings (SSSR count). The molecule has 0 fully saturated rings. The van der Waals surface area contributed by atoms with Crippen molar-refractivity contribution < 1.29 is 31.6 Å². The molecular weight excluding hydrogens is 285 g/mol. The molecular formula is C9H5ClF5NO2. The van der Waals surface area contributed by atoms with E-state index in [0.29, 0.717) is 12.1 Å². The third kappa shape index (κ3) is 4.11. The molecule has 9 heteroatoms. The molecule has 0 saturated carbocycles. The zero-order valence-corrected chi connectivity index (χ0v) is 9.20. The number of hydrogen-bond donors (Lipinski definition) is 1. The fraction of sp³-hybridized carbons (Fsp3) is 0.222. The van der Waals surface area contributed by atoms with Crippen LogP contribution in [-0.2, 0) is 4.84 Å². The van der Waals surface area contributed by atoms with E-state index >= 15 is 0 Å². The molecule has 0 bridgehead atoms. The third-order valence-corrected chi connectivity index (χ3v) is 1.97. The Kier molecular flexibility index (Phi) is 4.47. The molecule has 0 aliphatic carbocycles. The summed E-state index contributed by atoms with van der Waals surface area (Å²) in [4.78, 5) is 15.1. The van der Waals surface area contributed by atoms with Gasteiger partial charge < -0.3 is 0 Å². The van der Waals surface area contributed by atoms with Crippen molar-refractivity contribution in [3.05, 3.63) is 34.4 Å². The van der Waals surface area contributed by atoms with Crippen molar-refractivity contribution >= 4 is 17.5 Å². The Labute approximate surface area is 102 Å². The quantitative estimate of drug-likeness (QED) is 0.528. The molecule has 0 saturated heterocycles. The average molecular weight is 290 g/mol. The molecule has 0 unspecified atom stereocenters. The normalized spacial score (nSPS) is 11.4. The standard InChI is InChI=1S/C9H5ClF5NO2/c10-5-2-7(12)6(11)1-4(5)8(17)16-18-3-9(13,14)15/h1-2H,3H2,(H,16,17). The highest BCUT2D eigenvalue weighted by Crippen LogP contribution is 2.20. The van der Waals surface area contributed by atoms with Gasteiger partial charge >= 0.3 is 6.18 Å². The first-order valence-electron chi connectivity index (χ1n) is 4.34. The summed E-state index contributed by atoms with van der Waals surface area (Å²) in [5.41, 5.74) is 0.867. The minimum Gasteiger partial charge on any atom is -0.267 e. The van der Waals surface area contributed by atoms with Crippen molar-refractivity contribution in [2.75, 3.05) is 6.61 Å². The lowest BCUT2D eigenvalue weighted by atomic mass is 10.2. The molecule has 1 N–H and O–H groups in total. The predicted molar refractivity (Wildman–Crippen MR) is 50.8 cm³/mol. The number of benzene rings is 1. The van der Waals surface area contributed by atoms with Gasteiger partial charge in [0.1, 0.15) is 0 Å². The zero-order chi connectivity index (χ0) is 13.9. The van der Waals surface area contributed by atoms with Crippen LogP contribution in [0.15, 0.2) is 12.1 Å². The van der Waals surface area contributed by atoms with Gasteiger partial charge in [-0.2, -0.15) is 13.2 Å². The van der Waals surface area contributed by atoms with Crippen LogP contribution in [0.2, 0.25) is 5.02 Å². The molecule has 0 heterocycles. The number of alkyl halides is 3. The lowest BCUT2D eigenvalue weighted by molar-refractivity contribution is -0.184. The van der Waals surface area contributed by atoms with Crippen molar-refractivity contribution in [3.63, 3.8) is 0 Å². The van der Waals surface area contributed by atoms with E-state index in [1.165, 1.54) is 5.48 Å². The van der Waals surface area contributed by atoms with E-state index in [9.17, 15) is 26.7 Å². The number of hydrogen-bond acceptors (Lipinski definition) is 2. The summed E-state index contributed by atoms with van der Waals surface area (Å²) in [6, 6.07) is 0.972. The van der Waals surface area contributed by atoms with Crippen LogP contribution in [0.4, 0.5) is 22.0 Å². The largest absolute Gasteiger partial charge is 0.414 e. The van der Waals surface area contributed by atoms with E-state index in [2.05, 4.69) is 4.84 Å². The zero-order valence-electron chi connectivity index (χ0n) is 8.45. The maximum Gasteiger partial charge on any atom is 0.414 e. The van der Waals surface area contributed by atoms with E-state index in [0.717, 1.165) is 0 Å². The van der Waals surface area contributed by atoms with Gasteiger partial charge in [-0.25, -0.2) is 14.3 Å². The predicted octanol–water partition coefficient (Wildman–Crippen LogP) is 2.84. The highest BCUT2D eigenvalue weighted by Gasteiger charge is 2.28. The summed E-state index contributed by atoms with van der Waals surface area (Å²) in [6.07, 6.45) is -4.63. The topological polar surface area (TPSA) is 38.3 Å². The number of carbonyl (C=O) groups is 1. The summed E-state index contributed by atoms with van der Waals surface area (Å²) in [6.45, 7) is -1.72. The summed E-state index contributed by atoms with van der Waals surface area (Å²) >= 11 is 5.42. The molecule has 1 aromatic carbocycles. The van der Waals surface area contributed by atoms with Crippen LogP contribution in [-0.4, -0.2) is 18.7 Å². The van der Waals surface area contributed by atoms with Gasteiger partial charge in [-0.15, -0.1) is 0 Å². The fourth-order valence-electron chi connectivity index (χ4n) is 0.935. The van der Waals surface area contributed by atoms with Gasteiger partial charge in [-0.05, 0) is 12.1 Å². The molecule has 1 amide bonds. The van der Waals surface area contributed by atoms with Gasteiger partial charge in [-0.1, -0.05) is 11.6 Å². The molecule has 1 aromatic rings. The number of halogens is 6. The van der Waals surface area contributed by atoms with Gasteiger partial charge in [-0.3, -0.25) is 9.63 Å². The van der Waals surface area contributed by atoms with Crippen LogP contribution >= 0.6 is 11.6 Å². The Morgan fingerprint density at radius 1 is 1.28 bits per heavy atom. The van der Waals surface area contributed by atoms with Crippen molar-refractivity contribution in [2.45, 2.75) is 6.18 Å². The first kappa shape index (κ1) is 14.7. The van der Waals surface area contributed by atoms with Crippen LogP contribution in [0.3, 0.4) is 0 Å². The summed E-state index contributed by atoms with van der Waals surface area (Å²) in [7, 11) is 0. The van der Waals surface area contributed by atoms with Gasteiger partial charge in [0.25, 0.3) is 5.91 Å². The molecule has 0 atom stereocenters. The molecule has 18 heavy (non-hydrogen) atoms. The molecule has 3 nitrogen and oxygen atoms in total. The van der Waals surface area contributed by atoms with Crippen molar-refractivity contribution in [1.82, 2.24) is 5.48 Å². The van der Waals surface area contributed by atoms with Crippen LogP contribution in [0, 0.1) is 11.6 Å². The van der Waals surface area contributed by atoms with Gasteiger partial charge in [0, 0.05) is 0 Å². The molecule has 0 aromatic heterocycles. The van der Waals surface area contributed by atoms with E-state index in [4.69, 9.17) is 11.6 Å². The second-order valence-electron chi connectivity index (χ2n) is 3.08. The highest BCUT2D eigenvalue weighted by atomic mass is 35.5. The maximum atomic E-state index is 12.8. The molecule has 0 radical (unpaired) electrons. The Morgan fingerprint density at radius 2 is 1.83 bits per heavy atom. The average Bonchev–Trinajstić information content (AvgIpc) is 2.21. The van der Waals surface area contributed by atoms with Gasteiger partial charge in [0.2, 0.25) is 0 Å². The van der Waals surface area contributed by atoms with Gasteiger partial charge in [0.15, 0.2) is 18.2 Å². The number of amides is 1. The third-order valence-electron chi connectivity index (χ3n) is 1.66. The summed E-state index contributed by atoms with van der Waals surface area (Å²) < 4.78 is 60.5. The molecule has 100 valence electrons.